The number of ether oxygens (including phenoxy) is 2. The van der Waals surface area contributed by atoms with Gasteiger partial charge >= 0.3 is 0 Å². The van der Waals surface area contributed by atoms with Gasteiger partial charge in [0.1, 0.15) is 19.0 Å². The number of amides is 1. The third-order valence-corrected chi connectivity index (χ3v) is 5.86. The van der Waals surface area contributed by atoms with Crippen LogP contribution in [0.15, 0.2) is 36.4 Å². The Bertz CT molecular complexity index is 1060. The molecule has 1 saturated carbocycles. The zero-order valence-electron chi connectivity index (χ0n) is 16.5. The molecule has 0 saturated heterocycles. The van der Waals surface area contributed by atoms with E-state index in [2.05, 4.69) is 35.4 Å². The minimum Gasteiger partial charge on any atom is -0.486 e. The van der Waals surface area contributed by atoms with Crippen molar-refractivity contribution in [3.63, 3.8) is 0 Å². The molecule has 1 aliphatic carbocycles. The second-order valence-corrected chi connectivity index (χ2v) is 8.03. The van der Waals surface area contributed by atoms with E-state index in [-0.39, 0.29) is 11.9 Å². The molecule has 6 heteroatoms. The summed E-state index contributed by atoms with van der Waals surface area (Å²) in [5.41, 5.74) is 3.92. The maximum Gasteiger partial charge on any atom is 0.251 e. The smallest absolute Gasteiger partial charge is 0.251 e. The summed E-state index contributed by atoms with van der Waals surface area (Å²) in [6.07, 6.45) is 4.06. The largest absolute Gasteiger partial charge is 0.486 e. The minimum atomic E-state index is -0.0622. The Morgan fingerprint density at radius 2 is 1.97 bits per heavy atom. The van der Waals surface area contributed by atoms with Gasteiger partial charge in [0, 0.05) is 17.5 Å². The van der Waals surface area contributed by atoms with E-state index < -0.39 is 0 Å². The summed E-state index contributed by atoms with van der Waals surface area (Å²) in [7, 11) is 0. The number of carbonyl (C=O) groups is 1. The first-order valence-electron chi connectivity index (χ1n) is 10.3. The summed E-state index contributed by atoms with van der Waals surface area (Å²) in [6.45, 7) is 3.15. The summed E-state index contributed by atoms with van der Waals surface area (Å²) in [4.78, 5) is 21.1. The average Bonchev–Trinajstić information content (AvgIpc) is 3.17. The zero-order chi connectivity index (χ0) is 19.8. The first-order chi connectivity index (χ1) is 14.2. The molecule has 0 spiro atoms. The highest BCUT2D eigenvalue weighted by Gasteiger charge is 2.27. The molecule has 0 bridgehead atoms. The van der Waals surface area contributed by atoms with Crippen molar-refractivity contribution in [1.82, 2.24) is 15.3 Å². The second kappa shape index (κ2) is 7.43. The van der Waals surface area contributed by atoms with Crippen LogP contribution in [0.3, 0.4) is 0 Å². The van der Waals surface area contributed by atoms with Crippen molar-refractivity contribution >= 4 is 16.9 Å². The number of hydrogen-bond donors (Lipinski definition) is 2. The van der Waals surface area contributed by atoms with Crippen molar-refractivity contribution in [1.29, 1.82) is 0 Å². The highest BCUT2D eigenvalue weighted by Crippen LogP contribution is 2.34. The van der Waals surface area contributed by atoms with Gasteiger partial charge in [0.15, 0.2) is 11.5 Å². The van der Waals surface area contributed by atoms with E-state index in [0.29, 0.717) is 36.2 Å². The van der Waals surface area contributed by atoms with Gasteiger partial charge < -0.3 is 19.8 Å². The van der Waals surface area contributed by atoms with Crippen LogP contribution in [0.2, 0.25) is 0 Å². The molecule has 5 rings (SSSR count). The lowest BCUT2D eigenvalue weighted by Gasteiger charge is -2.29. The Morgan fingerprint density at radius 3 is 2.86 bits per heavy atom. The van der Waals surface area contributed by atoms with Gasteiger partial charge in [-0.3, -0.25) is 4.79 Å². The molecule has 1 amide bonds. The molecule has 1 fully saturated rings. The lowest BCUT2D eigenvalue weighted by molar-refractivity contribution is 0.0923. The van der Waals surface area contributed by atoms with E-state index in [0.717, 1.165) is 42.5 Å². The number of carbonyl (C=O) groups excluding carboxylic acids is 1. The average molecular weight is 391 g/mol. The number of benzene rings is 2. The molecule has 3 aromatic rings. The highest BCUT2D eigenvalue weighted by atomic mass is 16.6. The normalized spacial score (nSPS) is 21.1. The molecule has 2 N–H and O–H groups in total. The summed E-state index contributed by atoms with van der Waals surface area (Å²) < 4.78 is 11.1. The monoisotopic (exact) mass is 391 g/mol. The van der Waals surface area contributed by atoms with Crippen molar-refractivity contribution in [2.75, 3.05) is 13.2 Å². The molecule has 1 aliphatic heterocycles. The number of rotatable bonds is 3. The first kappa shape index (κ1) is 18.0. The summed E-state index contributed by atoms with van der Waals surface area (Å²) in [5.74, 6) is 2.65. The number of H-pyrrole nitrogens is 1. The number of nitrogens with one attached hydrogen (secondary N) is 2. The predicted octanol–water partition coefficient (Wildman–Crippen LogP) is 4.10. The van der Waals surface area contributed by atoms with Gasteiger partial charge in [-0.2, -0.15) is 0 Å². The van der Waals surface area contributed by atoms with Gasteiger partial charge in [-0.25, -0.2) is 4.98 Å². The lowest BCUT2D eigenvalue weighted by Crippen LogP contribution is -2.38. The Hall–Kier alpha value is -3.02. The molecule has 2 unspecified atom stereocenters. The van der Waals surface area contributed by atoms with Gasteiger partial charge in [0.05, 0.1) is 11.0 Å². The quantitative estimate of drug-likeness (QED) is 0.705. The van der Waals surface area contributed by atoms with Crippen LogP contribution in [0.4, 0.5) is 0 Å². The zero-order valence-corrected chi connectivity index (χ0v) is 16.5. The summed E-state index contributed by atoms with van der Waals surface area (Å²) in [5, 5.41) is 3.21. The van der Waals surface area contributed by atoms with E-state index in [4.69, 9.17) is 14.5 Å². The number of aromatic nitrogens is 2. The van der Waals surface area contributed by atoms with Crippen LogP contribution in [0, 0.1) is 6.92 Å². The Morgan fingerprint density at radius 1 is 1.10 bits per heavy atom. The number of aromatic amines is 1. The van der Waals surface area contributed by atoms with Gasteiger partial charge in [0.25, 0.3) is 5.91 Å². The standard InChI is InChI=1S/C23H25N3O3/c1-14-5-7-18-19(11-14)26-22(25-18)15-3-2-4-17(12-15)24-23(27)16-6-8-20-21(13-16)29-10-9-28-20/h5-8,11,13,15,17H,2-4,9-10,12H2,1H3,(H,24,27)(H,25,26). The van der Waals surface area contributed by atoms with Crippen molar-refractivity contribution in [2.24, 2.45) is 0 Å². The topological polar surface area (TPSA) is 76.2 Å². The fraction of sp³-hybridized carbons (Fsp3) is 0.391. The van der Waals surface area contributed by atoms with Crippen molar-refractivity contribution in [3.05, 3.63) is 53.3 Å². The molecular weight excluding hydrogens is 366 g/mol. The lowest BCUT2D eigenvalue weighted by atomic mass is 9.85. The van der Waals surface area contributed by atoms with Gasteiger partial charge in [-0.1, -0.05) is 12.5 Å². The van der Waals surface area contributed by atoms with E-state index in [9.17, 15) is 4.79 Å². The maximum absolute atomic E-state index is 12.8. The molecule has 1 aromatic heterocycles. The molecular formula is C23H25N3O3. The number of nitrogens with zero attached hydrogens (tertiary/aromatic N) is 1. The molecule has 2 aromatic carbocycles. The summed E-state index contributed by atoms with van der Waals surface area (Å²) >= 11 is 0. The molecule has 150 valence electrons. The third kappa shape index (κ3) is 3.67. The molecule has 0 radical (unpaired) electrons. The van der Waals surface area contributed by atoms with E-state index >= 15 is 0 Å². The molecule has 2 aliphatic rings. The molecule has 29 heavy (non-hydrogen) atoms. The molecule has 2 atom stereocenters. The fourth-order valence-electron chi connectivity index (χ4n) is 4.36. The first-order valence-corrected chi connectivity index (χ1v) is 10.3. The van der Waals surface area contributed by atoms with Crippen LogP contribution in [0.25, 0.3) is 11.0 Å². The second-order valence-electron chi connectivity index (χ2n) is 8.03. The van der Waals surface area contributed by atoms with Crippen molar-refractivity contribution in [3.8, 4) is 11.5 Å². The van der Waals surface area contributed by atoms with Gasteiger partial charge in [-0.05, 0) is 62.1 Å². The Kier molecular flexibility index (Phi) is 4.62. The van der Waals surface area contributed by atoms with Crippen LogP contribution >= 0.6 is 0 Å². The van der Waals surface area contributed by atoms with Crippen LogP contribution in [0.5, 0.6) is 11.5 Å². The predicted molar refractivity (Wildman–Crippen MR) is 111 cm³/mol. The van der Waals surface area contributed by atoms with Crippen molar-refractivity contribution in [2.45, 2.75) is 44.6 Å². The minimum absolute atomic E-state index is 0.0622. The maximum atomic E-state index is 12.8. The fourth-order valence-corrected chi connectivity index (χ4v) is 4.36. The van der Waals surface area contributed by atoms with Crippen molar-refractivity contribution < 1.29 is 14.3 Å². The molecule has 6 nitrogen and oxygen atoms in total. The summed E-state index contributed by atoms with van der Waals surface area (Å²) in [6, 6.07) is 11.8. The van der Waals surface area contributed by atoms with Crippen LogP contribution in [0.1, 0.15) is 53.3 Å². The Balaban J connectivity index is 1.28. The van der Waals surface area contributed by atoms with Gasteiger partial charge in [0.2, 0.25) is 0 Å². The Labute approximate surface area is 169 Å². The van der Waals surface area contributed by atoms with E-state index in [1.54, 1.807) is 12.1 Å². The molecule has 2 heterocycles. The number of hydrogen-bond acceptors (Lipinski definition) is 4. The SMILES string of the molecule is Cc1ccc2nc(C3CCCC(NC(=O)c4ccc5c(c4)OCCO5)C3)[nH]c2c1. The van der Waals surface area contributed by atoms with Gasteiger partial charge in [-0.15, -0.1) is 0 Å². The third-order valence-electron chi connectivity index (χ3n) is 5.86. The van der Waals surface area contributed by atoms with Crippen LogP contribution < -0.4 is 14.8 Å². The number of aryl methyl sites for hydroxylation is 1. The van der Waals surface area contributed by atoms with E-state index in [1.807, 2.05) is 6.07 Å². The van der Waals surface area contributed by atoms with Crippen LogP contribution in [-0.2, 0) is 0 Å². The number of imidazole rings is 1. The highest BCUT2D eigenvalue weighted by molar-refractivity contribution is 5.95. The van der Waals surface area contributed by atoms with E-state index in [1.165, 1.54) is 5.56 Å². The number of fused-ring (bicyclic) bond motifs is 2. The van der Waals surface area contributed by atoms with Crippen LogP contribution in [-0.4, -0.2) is 35.1 Å².